The smallest absolute Gasteiger partial charge is 0.0935 e. The van der Waals surface area contributed by atoms with Crippen LogP contribution in [0, 0.1) is 5.41 Å². The predicted molar refractivity (Wildman–Crippen MR) is 72.3 cm³/mol. The van der Waals surface area contributed by atoms with E-state index in [0.717, 1.165) is 31.0 Å². The van der Waals surface area contributed by atoms with Crippen molar-refractivity contribution in [2.75, 3.05) is 18.1 Å². The van der Waals surface area contributed by atoms with Crippen molar-refractivity contribution in [1.82, 2.24) is 0 Å². The van der Waals surface area contributed by atoms with Crippen LogP contribution in [0.2, 0.25) is 0 Å². The molecule has 2 nitrogen and oxygen atoms in total. The lowest BCUT2D eigenvalue weighted by Crippen LogP contribution is -2.28. The minimum Gasteiger partial charge on any atom is -0.501 e. The summed E-state index contributed by atoms with van der Waals surface area (Å²) < 4.78 is 17.5. The summed E-state index contributed by atoms with van der Waals surface area (Å²) in [6.45, 7) is 2.96. The van der Waals surface area contributed by atoms with Gasteiger partial charge in [-0.2, -0.15) is 0 Å². The maximum atomic E-state index is 11.8. The van der Waals surface area contributed by atoms with Gasteiger partial charge in [0, 0.05) is 27.7 Å². The largest absolute Gasteiger partial charge is 0.501 e. The summed E-state index contributed by atoms with van der Waals surface area (Å²) in [5.74, 6) is 1.70. The molecule has 1 saturated carbocycles. The Kier molecular flexibility index (Phi) is 4.66. The molecule has 0 aromatic heterocycles. The van der Waals surface area contributed by atoms with E-state index in [1.807, 2.05) is 6.26 Å². The van der Waals surface area contributed by atoms with Crippen molar-refractivity contribution in [3.05, 3.63) is 11.8 Å². The van der Waals surface area contributed by atoms with Crippen LogP contribution in [0.1, 0.15) is 51.9 Å². The first kappa shape index (κ1) is 13.1. The van der Waals surface area contributed by atoms with Crippen LogP contribution in [0.5, 0.6) is 0 Å². The Balaban J connectivity index is 1.83. The van der Waals surface area contributed by atoms with Gasteiger partial charge in [0.25, 0.3) is 0 Å². The summed E-state index contributed by atoms with van der Waals surface area (Å²) in [4.78, 5) is 0. The molecule has 0 amide bonds. The summed E-state index contributed by atoms with van der Waals surface area (Å²) in [7, 11) is -0.633. The topological polar surface area (TPSA) is 26.3 Å². The van der Waals surface area contributed by atoms with Crippen LogP contribution in [0.4, 0.5) is 0 Å². The lowest BCUT2D eigenvalue weighted by molar-refractivity contribution is 0.130. The molecule has 1 heterocycles. The van der Waals surface area contributed by atoms with E-state index in [9.17, 15) is 4.21 Å². The average molecular weight is 256 g/mol. The van der Waals surface area contributed by atoms with E-state index in [0.29, 0.717) is 0 Å². The van der Waals surface area contributed by atoms with Gasteiger partial charge in [0.05, 0.1) is 12.9 Å². The summed E-state index contributed by atoms with van der Waals surface area (Å²) in [6, 6.07) is 0. The van der Waals surface area contributed by atoms with Crippen LogP contribution < -0.4 is 0 Å². The molecule has 0 bridgehead atoms. The van der Waals surface area contributed by atoms with Gasteiger partial charge in [-0.15, -0.1) is 0 Å². The van der Waals surface area contributed by atoms with Crippen LogP contribution in [-0.2, 0) is 15.5 Å². The molecule has 0 aromatic rings. The van der Waals surface area contributed by atoms with E-state index in [-0.39, 0.29) is 5.41 Å². The summed E-state index contributed by atoms with van der Waals surface area (Å²) >= 11 is 0. The fraction of sp³-hybridized carbons (Fsp3) is 0.857. The molecule has 2 aliphatic rings. The molecule has 98 valence electrons. The van der Waals surface area contributed by atoms with E-state index < -0.39 is 10.8 Å². The molecule has 2 fully saturated rings. The van der Waals surface area contributed by atoms with Gasteiger partial charge in [-0.1, -0.05) is 13.3 Å². The summed E-state index contributed by atoms with van der Waals surface area (Å²) in [5.41, 5.74) is 1.58. The van der Waals surface area contributed by atoms with Gasteiger partial charge in [0.2, 0.25) is 0 Å². The fourth-order valence-electron chi connectivity index (χ4n) is 2.77. The Morgan fingerprint density at radius 2 is 2.06 bits per heavy atom. The van der Waals surface area contributed by atoms with E-state index in [4.69, 9.17) is 4.74 Å². The molecule has 0 spiro atoms. The van der Waals surface area contributed by atoms with Gasteiger partial charge < -0.3 is 4.74 Å². The van der Waals surface area contributed by atoms with Gasteiger partial charge in [-0.3, -0.25) is 4.21 Å². The molecule has 1 aliphatic carbocycles. The highest BCUT2D eigenvalue weighted by molar-refractivity contribution is 7.85. The summed E-state index contributed by atoms with van der Waals surface area (Å²) in [6.07, 6.45) is 10.5. The first-order valence-electron chi connectivity index (χ1n) is 6.82. The third-order valence-corrected chi connectivity index (χ3v) is 5.60. The van der Waals surface area contributed by atoms with Crippen molar-refractivity contribution in [2.24, 2.45) is 5.41 Å². The highest BCUT2D eigenvalue weighted by atomic mass is 32.2. The molecule has 1 saturated heterocycles. The van der Waals surface area contributed by atoms with Crippen molar-refractivity contribution < 1.29 is 8.95 Å². The molecule has 1 aliphatic heterocycles. The monoisotopic (exact) mass is 256 g/mol. The molecule has 2 atom stereocenters. The summed E-state index contributed by atoms with van der Waals surface area (Å²) in [5, 5.41) is 0. The molecule has 17 heavy (non-hydrogen) atoms. The third-order valence-electron chi connectivity index (χ3n) is 3.84. The van der Waals surface area contributed by atoms with Crippen molar-refractivity contribution in [2.45, 2.75) is 51.9 Å². The molecule has 0 radical (unpaired) electrons. The molecule has 0 aromatic carbocycles. The highest BCUT2D eigenvalue weighted by Crippen LogP contribution is 2.30. The first-order valence-corrected chi connectivity index (χ1v) is 8.31. The van der Waals surface area contributed by atoms with E-state index >= 15 is 0 Å². The fourth-order valence-corrected chi connectivity index (χ4v) is 4.44. The third kappa shape index (κ3) is 4.13. The minimum atomic E-state index is -0.633. The van der Waals surface area contributed by atoms with E-state index in [1.54, 1.807) is 0 Å². The van der Waals surface area contributed by atoms with Crippen LogP contribution in [0.25, 0.3) is 0 Å². The normalized spacial score (nSPS) is 34.4. The zero-order valence-corrected chi connectivity index (χ0v) is 11.7. The van der Waals surface area contributed by atoms with Gasteiger partial charge in [-0.25, -0.2) is 0 Å². The molecular formula is C14H24O2S. The van der Waals surface area contributed by atoms with E-state index in [2.05, 4.69) is 6.92 Å². The molecule has 0 N–H and O–H groups in total. The molecule has 3 heteroatoms. The number of ether oxygens (including phenoxy) is 1. The Labute approximate surface area is 107 Å². The second-order valence-corrected chi connectivity index (χ2v) is 7.43. The van der Waals surface area contributed by atoms with Crippen LogP contribution in [0.15, 0.2) is 11.8 Å². The molecule has 2 unspecified atom stereocenters. The maximum absolute atomic E-state index is 11.8. The number of hydrogen-bond donors (Lipinski definition) is 0. The second kappa shape index (κ2) is 6.03. The first-order chi connectivity index (χ1) is 8.18. The standard InChI is InChI=1S/C14H24O2S/c1-14(8-4-5-9-17(15)12-14)11-16-10-13-6-2-3-7-13/h10H,2-9,11-12H2,1H3. The molecule has 2 rings (SSSR count). The number of rotatable bonds is 3. The SMILES string of the molecule is CC1(COC=C2CCCC2)CCCCS(=O)C1. The van der Waals surface area contributed by atoms with Crippen molar-refractivity contribution in [3.63, 3.8) is 0 Å². The lowest BCUT2D eigenvalue weighted by atomic mass is 9.88. The van der Waals surface area contributed by atoms with Crippen LogP contribution in [-0.4, -0.2) is 22.3 Å². The zero-order valence-electron chi connectivity index (χ0n) is 10.9. The maximum Gasteiger partial charge on any atom is 0.0935 e. The van der Waals surface area contributed by atoms with Gasteiger partial charge in [0.15, 0.2) is 0 Å². The van der Waals surface area contributed by atoms with Crippen LogP contribution >= 0.6 is 0 Å². The van der Waals surface area contributed by atoms with Gasteiger partial charge in [0.1, 0.15) is 0 Å². The van der Waals surface area contributed by atoms with Gasteiger partial charge in [-0.05, 0) is 44.1 Å². The zero-order chi connectivity index (χ0) is 12.1. The minimum absolute atomic E-state index is 0.122. The van der Waals surface area contributed by atoms with Crippen LogP contribution in [0.3, 0.4) is 0 Å². The Morgan fingerprint density at radius 3 is 2.82 bits per heavy atom. The van der Waals surface area contributed by atoms with E-state index in [1.165, 1.54) is 37.7 Å². The second-order valence-electron chi connectivity index (χ2n) is 5.85. The lowest BCUT2D eigenvalue weighted by Gasteiger charge is -2.26. The number of hydrogen-bond acceptors (Lipinski definition) is 2. The van der Waals surface area contributed by atoms with Crippen molar-refractivity contribution in [3.8, 4) is 0 Å². The highest BCUT2D eigenvalue weighted by Gasteiger charge is 2.29. The molecular weight excluding hydrogens is 232 g/mol. The van der Waals surface area contributed by atoms with Gasteiger partial charge >= 0.3 is 0 Å². The van der Waals surface area contributed by atoms with Crippen molar-refractivity contribution >= 4 is 10.8 Å². The Hall–Kier alpha value is -0.310. The quantitative estimate of drug-likeness (QED) is 0.723. The Bertz CT molecular complexity index is 303. The number of allylic oxidation sites excluding steroid dienone is 1. The van der Waals surface area contributed by atoms with Crippen molar-refractivity contribution in [1.29, 1.82) is 0 Å². The average Bonchev–Trinajstić information content (AvgIpc) is 2.71. The Morgan fingerprint density at radius 1 is 1.29 bits per heavy atom. The predicted octanol–water partition coefficient (Wildman–Crippen LogP) is 3.40.